The van der Waals surface area contributed by atoms with E-state index in [0.717, 1.165) is 22.2 Å². The van der Waals surface area contributed by atoms with Gasteiger partial charge in [0.2, 0.25) is 0 Å². The zero-order valence-corrected chi connectivity index (χ0v) is 23.4. The van der Waals surface area contributed by atoms with Gasteiger partial charge in [0.25, 0.3) is 11.8 Å². The summed E-state index contributed by atoms with van der Waals surface area (Å²) >= 11 is 0. The first kappa shape index (κ1) is 29.6. The summed E-state index contributed by atoms with van der Waals surface area (Å²) < 4.78 is 64.1. The Hall–Kier alpha value is -4.87. The second-order valence-electron chi connectivity index (χ2n) is 9.89. The summed E-state index contributed by atoms with van der Waals surface area (Å²) in [5.74, 6) is -1.04. The quantitative estimate of drug-likeness (QED) is 0.322. The van der Waals surface area contributed by atoms with Crippen LogP contribution in [0.25, 0.3) is 0 Å². The molecule has 0 radical (unpaired) electrons. The number of hydrogen-bond donors (Lipinski definition) is 1. The van der Waals surface area contributed by atoms with Gasteiger partial charge in [-0.15, -0.1) is 0 Å². The Morgan fingerprint density at radius 2 is 1.77 bits per heavy atom. The number of amides is 2. The monoisotopic (exact) mass is 596 g/mol. The maximum Gasteiger partial charge on any atom is 0.419 e. The van der Waals surface area contributed by atoms with Crippen molar-refractivity contribution in [3.63, 3.8) is 0 Å². The number of benzene rings is 3. The minimum absolute atomic E-state index is 0.163. The van der Waals surface area contributed by atoms with Crippen molar-refractivity contribution < 1.29 is 36.6 Å². The van der Waals surface area contributed by atoms with Crippen LogP contribution >= 0.6 is 0 Å². The van der Waals surface area contributed by atoms with Crippen molar-refractivity contribution in [2.24, 2.45) is 5.10 Å². The lowest BCUT2D eigenvalue weighted by Crippen LogP contribution is -2.29. The third-order valence-corrected chi connectivity index (χ3v) is 6.98. The number of hydrazone groups is 1. The maximum absolute atomic E-state index is 13.7. The summed E-state index contributed by atoms with van der Waals surface area (Å²) in [6, 6.07) is 14.9. The molecule has 0 atom stereocenters. The van der Waals surface area contributed by atoms with E-state index >= 15 is 0 Å². The van der Waals surface area contributed by atoms with E-state index in [1.165, 1.54) is 0 Å². The standard InChI is InChI=1S/C31H28F4N4O4/c1-3-43-27-11-6-20(14-28(27)42-2)16-36-29(40)21-7-4-19(5-8-21)17-38-13-12-26-23(18-38)30(41)39(37-26)22-9-10-25(32)24(15-22)31(33,34)35/h4-11,14-15,18H,3,12-13,16-17H2,1-2H3,(H,36,40). The second kappa shape index (κ2) is 12.2. The smallest absolute Gasteiger partial charge is 0.419 e. The number of fused-ring (bicyclic) bond motifs is 1. The Bertz CT molecular complexity index is 1600. The Balaban J connectivity index is 1.20. The third kappa shape index (κ3) is 6.47. The van der Waals surface area contributed by atoms with Crippen molar-refractivity contribution in [1.29, 1.82) is 0 Å². The molecule has 2 amide bonds. The van der Waals surface area contributed by atoms with Crippen LogP contribution in [0.2, 0.25) is 0 Å². The average molecular weight is 597 g/mol. The van der Waals surface area contributed by atoms with Crippen LogP contribution in [-0.2, 0) is 24.1 Å². The normalized spacial score (nSPS) is 14.7. The van der Waals surface area contributed by atoms with Crippen LogP contribution in [0.3, 0.4) is 0 Å². The van der Waals surface area contributed by atoms with E-state index in [9.17, 15) is 27.2 Å². The number of carbonyl (C=O) groups excluding carboxylic acids is 2. The molecule has 5 rings (SSSR count). The lowest BCUT2D eigenvalue weighted by atomic mass is 10.0. The topological polar surface area (TPSA) is 83.5 Å². The first-order chi connectivity index (χ1) is 20.6. The molecule has 43 heavy (non-hydrogen) atoms. The summed E-state index contributed by atoms with van der Waals surface area (Å²) in [5.41, 5.74) is 1.32. The zero-order valence-electron chi connectivity index (χ0n) is 23.4. The van der Waals surface area contributed by atoms with Crippen LogP contribution in [0.15, 0.2) is 77.5 Å². The van der Waals surface area contributed by atoms with Gasteiger partial charge in [-0.1, -0.05) is 18.2 Å². The molecule has 2 aliphatic rings. The van der Waals surface area contributed by atoms with Gasteiger partial charge in [0.15, 0.2) is 11.5 Å². The highest BCUT2D eigenvalue weighted by Crippen LogP contribution is 2.36. The van der Waals surface area contributed by atoms with Crippen LogP contribution in [0, 0.1) is 5.82 Å². The number of nitrogens with zero attached hydrogens (tertiary/aromatic N) is 3. The number of ether oxygens (including phenoxy) is 2. The van der Waals surface area contributed by atoms with E-state index in [0.29, 0.717) is 67.6 Å². The van der Waals surface area contributed by atoms with Crippen LogP contribution in [0.4, 0.5) is 23.2 Å². The maximum atomic E-state index is 13.7. The van der Waals surface area contributed by atoms with E-state index in [2.05, 4.69) is 10.4 Å². The fraction of sp³-hybridized carbons (Fsp3) is 0.258. The zero-order chi connectivity index (χ0) is 30.7. The van der Waals surface area contributed by atoms with Gasteiger partial charge in [-0.2, -0.15) is 23.3 Å². The number of nitrogens with one attached hydrogen (secondary N) is 1. The van der Waals surface area contributed by atoms with Crippen LogP contribution in [0.5, 0.6) is 11.5 Å². The van der Waals surface area contributed by atoms with Crippen molar-refractivity contribution in [3.8, 4) is 11.5 Å². The fourth-order valence-electron chi connectivity index (χ4n) is 4.81. The Morgan fingerprint density at radius 1 is 1.02 bits per heavy atom. The highest BCUT2D eigenvalue weighted by molar-refractivity contribution is 6.30. The van der Waals surface area contributed by atoms with Crippen molar-refractivity contribution in [2.75, 3.05) is 25.3 Å². The van der Waals surface area contributed by atoms with Gasteiger partial charge < -0.3 is 19.7 Å². The fourth-order valence-corrected chi connectivity index (χ4v) is 4.81. The molecule has 0 saturated carbocycles. The lowest BCUT2D eigenvalue weighted by Gasteiger charge is -2.25. The predicted octanol–water partition coefficient (Wildman–Crippen LogP) is 5.67. The molecule has 1 N–H and O–H groups in total. The van der Waals surface area contributed by atoms with Gasteiger partial charge in [-0.25, -0.2) is 4.39 Å². The van der Waals surface area contributed by atoms with Gasteiger partial charge in [-0.3, -0.25) is 9.59 Å². The predicted molar refractivity (Wildman–Crippen MR) is 151 cm³/mol. The molecule has 3 aromatic carbocycles. The van der Waals surface area contributed by atoms with Gasteiger partial charge in [0, 0.05) is 37.8 Å². The van der Waals surface area contributed by atoms with E-state index in [-0.39, 0.29) is 17.2 Å². The van der Waals surface area contributed by atoms with Crippen molar-refractivity contribution in [3.05, 3.63) is 101 Å². The number of hydrogen-bond acceptors (Lipinski definition) is 6. The molecule has 0 unspecified atom stereocenters. The van der Waals surface area contributed by atoms with Crippen LogP contribution < -0.4 is 19.8 Å². The van der Waals surface area contributed by atoms with Crippen LogP contribution in [0.1, 0.15) is 40.4 Å². The number of methoxy groups -OCH3 is 1. The summed E-state index contributed by atoms with van der Waals surface area (Å²) in [6.07, 6.45) is -2.87. The van der Waals surface area contributed by atoms with Gasteiger partial charge >= 0.3 is 6.18 Å². The molecule has 0 fully saturated rings. The molecule has 3 aromatic rings. The molecule has 2 heterocycles. The number of rotatable bonds is 9. The SMILES string of the molecule is CCOc1ccc(CNC(=O)c2ccc(CN3C=C4C(=O)N(c5ccc(F)c(C(F)(F)F)c5)N=C4CC3)cc2)cc1OC. The van der Waals surface area contributed by atoms with E-state index < -0.39 is 23.5 Å². The minimum atomic E-state index is -4.90. The number of alkyl halides is 3. The van der Waals surface area contributed by atoms with Crippen molar-refractivity contribution >= 4 is 23.2 Å². The summed E-state index contributed by atoms with van der Waals surface area (Å²) in [4.78, 5) is 27.7. The Morgan fingerprint density at radius 3 is 2.47 bits per heavy atom. The molecular weight excluding hydrogens is 568 g/mol. The van der Waals surface area contributed by atoms with E-state index in [1.54, 1.807) is 31.5 Å². The highest BCUT2D eigenvalue weighted by Gasteiger charge is 2.38. The molecule has 8 nitrogen and oxygen atoms in total. The molecule has 224 valence electrons. The molecular formula is C31H28F4N4O4. The highest BCUT2D eigenvalue weighted by atomic mass is 19.4. The first-order valence-corrected chi connectivity index (χ1v) is 13.5. The molecule has 0 aromatic heterocycles. The molecule has 0 aliphatic carbocycles. The molecule has 0 spiro atoms. The van der Waals surface area contributed by atoms with Crippen molar-refractivity contribution in [2.45, 2.75) is 32.6 Å². The Kier molecular flexibility index (Phi) is 8.38. The number of halogens is 4. The lowest BCUT2D eigenvalue weighted by molar-refractivity contribution is -0.140. The van der Waals surface area contributed by atoms with Gasteiger partial charge in [0.1, 0.15) is 5.82 Å². The third-order valence-electron chi connectivity index (χ3n) is 6.98. The first-order valence-electron chi connectivity index (χ1n) is 13.5. The summed E-state index contributed by atoms with van der Waals surface area (Å²) in [5, 5.41) is 7.96. The number of carbonyl (C=O) groups is 2. The van der Waals surface area contributed by atoms with Crippen molar-refractivity contribution in [1.82, 2.24) is 10.2 Å². The minimum Gasteiger partial charge on any atom is -0.493 e. The average Bonchev–Trinajstić information content (AvgIpc) is 3.32. The molecule has 2 aliphatic heterocycles. The number of anilines is 1. The van der Waals surface area contributed by atoms with Gasteiger partial charge in [0.05, 0.1) is 36.3 Å². The van der Waals surface area contributed by atoms with E-state index in [1.807, 2.05) is 36.1 Å². The second-order valence-corrected chi connectivity index (χ2v) is 9.89. The molecule has 0 saturated heterocycles. The largest absolute Gasteiger partial charge is 0.493 e. The van der Waals surface area contributed by atoms with E-state index in [4.69, 9.17) is 9.47 Å². The summed E-state index contributed by atoms with van der Waals surface area (Å²) in [7, 11) is 1.55. The molecule has 12 heteroatoms. The van der Waals surface area contributed by atoms with Gasteiger partial charge in [-0.05, 0) is 60.5 Å². The summed E-state index contributed by atoms with van der Waals surface area (Å²) in [6.45, 7) is 3.65. The van der Waals surface area contributed by atoms with Crippen LogP contribution in [-0.4, -0.2) is 42.7 Å². The molecule has 0 bridgehead atoms. The Labute approximate surface area is 245 Å².